The molecule has 3 unspecified atom stereocenters. The smallest absolute Gasteiger partial charge is 0.410 e. The molecule has 3 aliphatic rings. The van der Waals surface area contributed by atoms with Crippen molar-refractivity contribution in [2.75, 3.05) is 26.2 Å². The molecule has 9 nitrogen and oxygen atoms in total. The van der Waals surface area contributed by atoms with Crippen LogP contribution in [0.2, 0.25) is 0 Å². The number of hydrogen-bond acceptors (Lipinski definition) is 6. The van der Waals surface area contributed by atoms with Crippen LogP contribution in [0, 0.1) is 22.0 Å². The Morgan fingerprint density at radius 3 is 2.36 bits per heavy atom. The van der Waals surface area contributed by atoms with Crippen LogP contribution >= 0.6 is 0 Å². The van der Waals surface area contributed by atoms with Crippen LogP contribution in [0.3, 0.4) is 0 Å². The summed E-state index contributed by atoms with van der Waals surface area (Å²) >= 11 is 0. The lowest BCUT2D eigenvalue weighted by Crippen LogP contribution is -2.48. The molecule has 2 aromatic carbocycles. The highest BCUT2D eigenvalue weighted by molar-refractivity contribution is 5.79. The zero-order chi connectivity index (χ0) is 30.9. The Balaban J connectivity index is 1.15. The van der Waals surface area contributed by atoms with Gasteiger partial charge < -0.3 is 19.9 Å². The zero-order valence-electron chi connectivity index (χ0n) is 25.6. The Bertz CT molecular complexity index is 1260. The summed E-state index contributed by atoms with van der Waals surface area (Å²) in [6, 6.07) is 17.1. The lowest BCUT2D eigenvalue weighted by molar-refractivity contribution is -0.384. The van der Waals surface area contributed by atoms with E-state index in [9.17, 15) is 19.7 Å². The maximum Gasteiger partial charge on any atom is 0.410 e. The van der Waals surface area contributed by atoms with Crippen LogP contribution in [0.4, 0.5) is 10.5 Å². The molecule has 3 atom stereocenters. The molecule has 44 heavy (non-hydrogen) atoms. The third-order valence-corrected chi connectivity index (χ3v) is 9.81. The normalized spacial score (nSPS) is 23.1. The summed E-state index contributed by atoms with van der Waals surface area (Å²) in [6.45, 7) is 7.08. The molecule has 1 heterocycles. The number of ether oxygens (including phenoxy) is 1. The van der Waals surface area contributed by atoms with Crippen molar-refractivity contribution in [3.8, 4) is 0 Å². The van der Waals surface area contributed by atoms with Crippen LogP contribution in [0.15, 0.2) is 67.3 Å². The molecule has 236 valence electrons. The fourth-order valence-electron chi connectivity index (χ4n) is 7.44. The molecule has 1 N–H and O–H groups in total. The number of rotatable bonds is 11. The number of carbonyl (C=O) groups is 2. The number of amides is 2. The molecule has 9 heteroatoms. The van der Waals surface area contributed by atoms with Gasteiger partial charge >= 0.3 is 6.09 Å². The van der Waals surface area contributed by atoms with Gasteiger partial charge in [0.05, 0.1) is 4.92 Å². The molecule has 1 aliphatic heterocycles. The Morgan fingerprint density at radius 2 is 1.70 bits per heavy atom. The predicted molar refractivity (Wildman–Crippen MR) is 170 cm³/mol. The van der Waals surface area contributed by atoms with Crippen LogP contribution in [0.5, 0.6) is 0 Å². The molecule has 0 radical (unpaired) electrons. The van der Waals surface area contributed by atoms with Crippen molar-refractivity contribution in [2.45, 2.75) is 82.4 Å². The second-order valence-corrected chi connectivity index (χ2v) is 12.7. The van der Waals surface area contributed by atoms with E-state index in [-0.39, 0.29) is 36.2 Å². The van der Waals surface area contributed by atoms with Gasteiger partial charge in [0.1, 0.15) is 6.61 Å². The van der Waals surface area contributed by atoms with Crippen molar-refractivity contribution in [1.82, 2.24) is 15.1 Å². The maximum atomic E-state index is 13.1. The number of likely N-dealkylation sites (tertiary alicyclic amines) is 1. The highest BCUT2D eigenvalue weighted by atomic mass is 16.6. The number of hydrogen-bond donors (Lipinski definition) is 1. The molecule has 0 bridgehead atoms. The monoisotopic (exact) mass is 602 g/mol. The number of carbonyl (C=O) groups excluding carboxylic acids is 2. The fourth-order valence-corrected chi connectivity index (χ4v) is 7.44. The van der Waals surface area contributed by atoms with E-state index in [1.165, 1.54) is 24.1 Å². The van der Waals surface area contributed by atoms with Gasteiger partial charge in [-0.15, -0.1) is 6.58 Å². The molecular weight excluding hydrogens is 556 g/mol. The van der Waals surface area contributed by atoms with Crippen LogP contribution < -0.4 is 5.32 Å². The third kappa shape index (κ3) is 8.25. The number of non-ortho nitro benzene ring substituents is 1. The van der Waals surface area contributed by atoms with Gasteiger partial charge in [-0.2, -0.15) is 0 Å². The van der Waals surface area contributed by atoms with Gasteiger partial charge in [0.25, 0.3) is 5.69 Å². The van der Waals surface area contributed by atoms with Crippen molar-refractivity contribution < 1.29 is 19.2 Å². The summed E-state index contributed by atoms with van der Waals surface area (Å²) in [5.41, 5.74) is 2.07. The Labute approximate surface area is 260 Å². The average Bonchev–Trinajstić information content (AvgIpc) is 3.45. The number of nitro groups is 1. The molecule has 2 aliphatic carbocycles. The van der Waals surface area contributed by atoms with Gasteiger partial charge in [-0.3, -0.25) is 14.9 Å². The number of nitrogens with one attached hydrogen (secondary N) is 1. The minimum Gasteiger partial charge on any atom is -0.445 e. The average molecular weight is 603 g/mol. The molecule has 2 amide bonds. The largest absolute Gasteiger partial charge is 0.445 e. The van der Waals surface area contributed by atoms with Crippen LogP contribution in [0.25, 0.3) is 0 Å². The van der Waals surface area contributed by atoms with Gasteiger partial charge in [0.2, 0.25) is 5.91 Å². The Morgan fingerprint density at radius 1 is 1.00 bits per heavy atom. The predicted octanol–water partition coefficient (Wildman–Crippen LogP) is 6.44. The van der Waals surface area contributed by atoms with Crippen molar-refractivity contribution in [1.29, 1.82) is 0 Å². The van der Waals surface area contributed by atoms with E-state index >= 15 is 0 Å². The van der Waals surface area contributed by atoms with Crippen molar-refractivity contribution in [3.63, 3.8) is 0 Å². The van der Waals surface area contributed by atoms with Crippen LogP contribution in [-0.4, -0.2) is 65.0 Å². The summed E-state index contributed by atoms with van der Waals surface area (Å²) < 4.78 is 5.60. The van der Waals surface area contributed by atoms with E-state index < -0.39 is 11.0 Å². The third-order valence-electron chi connectivity index (χ3n) is 9.81. The quantitative estimate of drug-likeness (QED) is 0.180. The highest BCUT2D eigenvalue weighted by Gasteiger charge is 2.38. The molecule has 3 fully saturated rings. The first-order valence-corrected chi connectivity index (χ1v) is 16.3. The van der Waals surface area contributed by atoms with E-state index in [1.807, 2.05) is 0 Å². The minimum absolute atomic E-state index is 0.00697. The van der Waals surface area contributed by atoms with E-state index in [0.717, 1.165) is 71.0 Å². The van der Waals surface area contributed by atoms with Gasteiger partial charge in [0.15, 0.2) is 0 Å². The van der Waals surface area contributed by atoms with Crippen molar-refractivity contribution >= 4 is 17.7 Å². The molecule has 5 rings (SSSR count). The molecular formula is C35H46N4O5. The molecule has 2 aromatic rings. The number of piperidine rings is 1. The van der Waals surface area contributed by atoms with Gasteiger partial charge in [0, 0.05) is 56.3 Å². The SMILES string of the molecule is C=CCN(C(=O)OCc1ccc([N+](=O)[O-])cc1)C1CCN(CC2CC(NC(=O)C3CCCCC3)CC2c2ccccc2)CC1. The summed E-state index contributed by atoms with van der Waals surface area (Å²) in [7, 11) is 0. The first-order chi connectivity index (χ1) is 21.4. The lowest BCUT2D eigenvalue weighted by atomic mass is 9.88. The van der Waals surface area contributed by atoms with E-state index in [1.54, 1.807) is 23.1 Å². The first kappa shape index (κ1) is 31.7. The van der Waals surface area contributed by atoms with Gasteiger partial charge in [-0.1, -0.05) is 55.7 Å². The van der Waals surface area contributed by atoms with Crippen LogP contribution in [-0.2, 0) is 16.1 Å². The number of benzene rings is 2. The molecule has 1 saturated heterocycles. The second kappa shape index (κ2) is 15.3. The summed E-state index contributed by atoms with van der Waals surface area (Å²) in [4.78, 5) is 40.9. The zero-order valence-corrected chi connectivity index (χ0v) is 25.6. The van der Waals surface area contributed by atoms with E-state index in [4.69, 9.17) is 4.74 Å². The van der Waals surface area contributed by atoms with E-state index in [0.29, 0.717) is 23.9 Å². The van der Waals surface area contributed by atoms with Gasteiger partial charge in [-0.25, -0.2) is 4.79 Å². The van der Waals surface area contributed by atoms with E-state index in [2.05, 4.69) is 47.1 Å². The lowest BCUT2D eigenvalue weighted by Gasteiger charge is -2.39. The highest BCUT2D eigenvalue weighted by Crippen LogP contribution is 2.41. The first-order valence-electron chi connectivity index (χ1n) is 16.3. The molecule has 2 saturated carbocycles. The standard InChI is InChI=1S/C35H46N4O5/c1-2-19-38(35(41)44-25-26-13-15-32(16-14-26)39(42)43)31-17-20-37(21-18-31)24-29-22-30(23-33(29)27-9-5-3-6-10-27)36-34(40)28-11-7-4-8-12-28/h2-3,5-6,9-10,13-16,28-31,33H,1,4,7-8,11-12,17-25H2,(H,36,40). The van der Waals surface area contributed by atoms with Gasteiger partial charge in [-0.05, 0) is 73.6 Å². The van der Waals surface area contributed by atoms with Crippen LogP contribution in [0.1, 0.15) is 74.8 Å². The number of nitrogens with zero attached hydrogens (tertiary/aromatic N) is 3. The Hall–Kier alpha value is -3.72. The topological polar surface area (TPSA) is 105 Å². The van der Waals surface area contributed by atoms with Crippen molar-refractivity contribution in [2.24, 2.45) is 11.8 Å². The minimum atomic E-state index is -0.448. The summed E-state index contributed by atoms with van der Waals surface area (Å²) in [5, 5.41) is 14.3. The number of nitro benzene ring substituents is 1. The maximum absolute atomic E-state index is 13.1. The summed E-state index contributed by atoms with van der Waals surface area (Å²) in [6.07, 6.45) is 10.6. The summed E-state index contributed by atoms with van der Waals surface area (Å²) in [5.74, 6) is 1.31. The molecule has 0 spiro atoms. The molecule has 0 aromatic heterocycles. The van der Waals surface area contributed by atoms with Crippen molar-refractivity contribution in [3.05, 3.63) is 88.5 Å². The fraction of sp³-hybridized carbons (Fsp3) is 0.543. The Kier molecular flexibility index (Phi) is 11.0. The second-order valence-electron chi connectivity index (χ2n) is 12.7.